The van der Waals surface area contributed by atoms with Crippen molar-refractivity contribution in [3.63, 3.8) is 0 Å². The molecular weight excluding hydrogens is 520 g/mol. The molecule has 1 saturated carbocycles. The van der Waals surface area contributed by atoms with Crippen molar-refractivity contribution in [2.75, 3.05) is 32.7 Å². The van der Waals surface area contributed by atoms with Crippen LogP contribution < -0.4 is 5.32 Å². The van der Waals surface area contributed by atoms with Gasteiger partial charge in [-0.25, -0.2) is 0 Å². The number of epoxide rings is 1. The van der Waals surface area contributed by atoms with Crippen LogP contribution in [-0.4, -0.2) is 65.4 Å². The highest BCUT2D eigenvalue weighted by atomic mass is 16.6. The van der Waals surface area contributed by atoms with Crippen LogP contribution in [0, 0.1) is 22.5 Å². The number of rotatable bonds is 1. The molecule has 1 aromatic carbocycles. The van der Waals surface area contributed by atoms with Gasteiger partial charge in [0.25, 0.3) is 0 Å². The zero-order valence-corrected chi connectivity index (χ0v) is 25.2. The number of hydroxylamine groups is 2. The van der Waals surface area contributed by atoms with Crippen molar-refractivity contribution >= 4 is 10.9 Å². The first kappa shape index (κ1) is 27.6. The van der Waals surface area contributed by atoms with E-state index in [4.69, 9.17) is 4.74 Å². The van der Waals surface area contributed by atoms with Gasteiger partial charge in [-0.05, 0) is 121 Å². The Hall–Kier alpha value is -1.96. The molecule has 3 bridgehead atoms. The number of fused-ring (bicyclic) bond motifs is 4. The summed E-state index contributed by atoms with van der Waals surface area (Å²) in [6.07, 6.45) is 23.7. The van der Waals surface area contributed by atoms with E-state index in [1.54, 1.807) is 0 Å². The Bertz CT molecular complexity index is 1330. The van der Waals surface area contributed by atoms with E-state index < -0.39 is 0 Å². The van der Waals surface area contributed by atoms with Crippen molar-refractivity contribution in [2.24, 2.45) is 17.3 Å². The van der Waals surface area contributed by atoms with E-state index in [1.807, 2.05) is 0 Å². The highest BCUT2D eigenvalue weighted by Gasteiger charge is 2.76. The van der Waals surface area contributed by atoms with Gasteiger partial charge < -0.3 is 30.2 Å². The van der Waals surface area contributed by atoms with Crippen LogP contribution in [0.4, 0.5) is 0 Å². The van der Waals surface area contributed by atoms with Gasteiger partial charge in [0, 0.05) is 46.6 Å². The fraction of sp³-hybridized carbons (Fsp3) is 0.667. The van der Waals surface area contributed by atoms with Crippen LogP contribution in [0.2, 0.25) is 0 Å². The summed E-state index contributed by atoms with van der Waals surface area (Å²) in [4.78, 5) is 6.60. The smallest absolute Gasteiger partial charge is 0.111 e. The fourth-order valence-electron chi connectivity index (χ4n) is 10.3. The molecule has 2 aromatic rings. The van der Waals surface area contributed by atoms with Gasteiger partial charge in [-0.1, -0.05) is 42.5 Å². The van der Waals surface area contributed by atoms with E-state index in [-0.39, 0.29) is 29.1 Å². The first-order chi connectivity index (χ1) is 20.7. The van der Waals surface area contributed by atoms with Crippen LogP contribution >= 0.6 is 0 Å². The minimum Gasteiger partial charge on any atom is -0.785 e. The molecule has 8 atom stereocenters. The Morgan fingerprint density at radius 2 is 1.69 bits per heavy atom. The van der Waals surface area contributed by atoms with Gasteiger partial charge in [0.15, 0.2) is 0 Å². The first-order valence-electron chi connectivity index (χ1n) is 17.2. The van der Waals surface area contributed by atoms with E-state index >= 15 is 0 Å². The lowest BCUT2D eigenvalue weighted by molar-refractivity contribution is -0.0892. The third-order valence-electron chi connectivity index (χ3n) is 12.1. The maximum atomic E-state index is 14.1. The predicted molar refractivity (Wildman–Crippen MR) is 169 cm³/mol. The molecule has 6 nitrogen and oxygen atoms in total. The van der Waals surface area contributed by atoms with Crippen LogP contribution in [0.1, 0.15) is 87.9 Å². The van der Waals surface area contributed by atoms with Crippen LogP contribution in [0.5, 0.6) is 0 Å². The number of para-hydroxylation sites is 1. The number of piperidine rings is 1. The number of H-pyrrole nitrogens is 1. The van der Waals surface area contributed by atoms with Gasteiger partial charge in [0.05, 0.1) is 6.10 Å². The Balaban J connectivity index is 1.28. The Morgan fingerprint density at radius 1 is 0.881 bits per heavy atom. The minimum absolute atomic E-state index is 0.0901. The van der Waals surface area contributed by atoms with Gasteiger partial charge in [0.2, 0.25) is 0 Å². The number of hydrogen-bond acceptors (Lipinski definition) is 5. The molecule has 1 aromatic heterocycles. The highest BCUT2D eigenvalue weighted by molar-refractivity contribution is 5.85. The molecule has 0 radical (unpaired) electrons. The second kappa shape index (κ2) is 11.2. The second-order valence-electron chi connectivity index (χ2n) is 14.3. The van der Waals surface area contributed by atoms with Crippen LogP contribution in [0.25, 0.3) is 10.9 Å². The standard InChI is InChI=1S/C36H49N4O2/c41-40-24-17-27-26-15-9-10-16-29(26)38-31(27)32(40)30-28-18-23-39-22-14-8-4-2-6-12-20-36(33(30)42-36)34-35(28,25-39)19-11-5-1-3-7-13-21-37-34/h1-2,5-6,9-10,15-16,28,30,32-34,37-38H,3-4,7-8,11-14,17-25H2/q-1. The Labute approximate surface area is 251 Å². The summed E-state index contributed by atoms with van der Waals surface area (Å²) in [7, 11) is 0. The molecule has 2 saturated heterocycles. The zero-order chi connectivity index (χ0) is 28.1. The number of nitrogens with zero attached hydrogens (tertiary/aromatic N) is 2. The molecule has 226 valence electrons. The third-order valence-corrected chi connectivity index (χ3v) is 12.1. The van der Waals surface area contributed by atoms with E-state index in [0.29, 0.717) is 18.5 Å². The Morgan fingerprint density at radius 3 is 2.60 bits per heavy atom. The summed E-state index contributed by atoms with van der Waals surface area (Å²) in [6, 6.07) is 8.85. The van der Waals surface area contributed by atoms with Gasteiger partial charge in [-0.2, -0.15) is 0 Å². The molecule has 0 amide bonds. The lowest BCUT2D eigenvalue weighted by Crippen LogP contribution is -2.69. The molecule has 6 heteroatoms. The largest absolute Gasteiger partial charge is 0.785 e. The average molecular weight is 570 g/mol. The van der Waals surface area contributed by atoms with Crippen LogP contribution in [-0.2, 0) is 11.2 Å². The number of nitrogens with one attached hydrogen (secondary N) is 2. The summed E-state index contributed by atoms with van der Waals surface area (Å²) >= 11 is 0. The van der Waals surface area contributed by atoms with Crippen molar-refractivity contribution in [1.29, 1.82) is 0 Å². The SMILES string of the molecule is [O-]N1CCc2c([nH]c3ccccc23)C1C1C2CCN3CCCCC=CCCC4(OC14)C1NCCCCC=CCCC21C3. The summed E-state index contributed by atoms with van der Waals surface area (Å²) < 4.78 is 7.18. The maximum absolute atomic E-state index is 14.1. The second-order valence-corrected chi connectivity index (χ2v) is 14.3. The number of allylic oxidation sites excluding steroid dienone is 4. The van der Waals surface area contributed by atoms with Gasteiger partial charge in [0.1, 0.15) is 5.60 Å². The molecule has 2 spiro atoms. The number of aromatic amines is 1. The molecule has 42 heavy (non-hydrogen) atoms. The quantitative estimate of drug-likeness (QED) is 0.298. The molecule has 6 heterocycles. The summed E-state index contributed by atoms with van der Waals surface area (Å²) in [5, 5.41) is 21.1. The summed E-state index contributed by atoms with van der Waals surface area (Å²) in [5.74, 6) is 0.665. The van der Waals surface area contributed by atoms with Crippen LogP contribution in [0.15, 0.2) is 48.6 Å². The minimum atomic E-state index is -0.190. The lowest BCUT2D eigenvalue weighted by atomic mass is 9.49. The van der Waals surface area contributed by atoms with E-state index in [9.17, 15) is 5.21 Å². The fourth-order valence-corrected chi connectivity index (χ4v) is 10.3. The van der Waals surface area contributed by atoms with Gasteiger partial charge in [-0.15, -0.1) is 0 Å². The number of hydrogen-bond donors (Lipinski definition) is 2. The molecule has 6 aliphatic rings. The number of ether oxygens (including phenoxy) is 1. The van der Waals surface area contributed by atoms with Crippen molar-refractivity contribution in [2.45, 2.75) is 101 Å². The van der Waals surface area contributed by atoms with Crippen molar-refractivity contribution < 1.29 is 4.74 Å². The van der Waals surface area contributed by atoms with E-state index in [0.717, 1.165) is 45.3 Å². The molecule has 2 N–H and O–H groups in total. The summed E-state index contributed by atoms with van der Waals surface area (Å²) in [5.41, 5.74) is 3.64. The molecule has 5 aliphatic heterocycles. The molecular formula is C36H49N4O2-. The normalized spacial score (nSPS) is 41.0. The lowest BCUT2D eigenvalue weighted by Gasteiger charge is -2.61. The molecule has 1 aliphatic carbocycles. The topological polar surface area (TPSA) is 69.9 Å². The first-order valence-corrected chi connectivity index (χ1v) is 17.2. The predicted octanol–water partition coefficient (Wildman–Crippen LogP) is 6.64. The molecule has 8 unspecified atom stereocenters. The number of aromatic nitrogens is 1. The van der Waals surface area contributed by atoms with E-state index in [2.05, 4.69) is 63.8 Å². The Kier molecular flexibility index (Phi) is 7.35. The highest BCUT2D eigenvalue weighted by Crippen LogP contribution is 2.67. The molecule has 8 rings (SSSR count). The summed E-state index contributed by atoms with van der Waals surface area (Å²) in [6.45, 7) is 5.11. The molecule has 3 fully saturated rings. The van der Waals surface area contributed by atoms with Crippen molar-refractivity contribution in [3.8, 4) is 0 Å². The zero-order valence-electron chi connectivity index (χ0n) is 25.2. The van der Waals surface area contributed by atoms with Gasteiger partial charge in [-0.3, -0.25) is 0 Å². The van der Waals surface area contributed by atoms with E-state index in [1.165, 1.54) is 85.1 Å². The average Bonchev–Trinajstić information content (AvgIpc) is 3.61. The van der Waals surface area contributed by atoms with Crippen molar-refractivity contribution in [3.05, 3.63) is 65.0 Å². The maximum Gasteiger partial charge on any atom is 0.111 e. The monoisotopic (exact) mass is 569 g/mol. The van der Waals surface area contributed by atoms with Crippen molar-refractivity contribution in [1.82, 2.24) is 20.3 Å². The number of benzene rings is 1. The third kappa shape index (κ3) is 4.47. The van der Waals surface area contributed by atoms with Gasteiger partial charge >= 0.3 is 0 Å². The van der Waals surface area contributed by atoms with Crippen LogP contribution in [0.3, 0.4) is 0 Å².